The zero-order valence-corrected chi connectivity index (χ0v) is 18.0. The quantitative estimate of drug-likeness (QED) is 0.543. The molecule has 30 heavy (non-hydrogen) atoms. The number of carbonyl (C=O) groups excluding carboxylic acids is 1. The van der Waals surface area contributed by atoms with E-state index in [1.54, 1.807) is 11.0 Å². The van der Waals surface area contributed by atoms with Crippen molar-refractivity contribution in [1.29, 1.82) is 0 Å². The molecule has 1 amide bonds. The Morgan fingerprint density at radius 1 is 1.27 bits per heavy atom. The van der Waals surface area contributed by atoms with Gasteiger partial charge < -0.3 is 4.90 Å². The monoisotopic (exact) mass is 443 g/mol. The minimum absolute atomic E-state index is 0.0139. The van der Waals surface area contributed by atoms with Gasteiger partial charge in [0.15, 0.2) is 15.7 Å². The predicted molar refractivity (Wildman–Crippen MR) is 116 cm³/mol. The average molecular weight is 444 g/mol. The van der Waals surface area contributed by atoms with E-state index < -0.39 is 9.84 Å². The number of nitrogens with zero attached hydrogens (tertiary/aromatic N) is 5. The first-order chi connectivity index (χ1) is 14.5. The second kappa shape index (κ2) is 8.49. The van der Waals surface area contributed by atoms with Crippen molar-refractivity contribution in [2.75, 3.05) is 18.1 Å². The molecule has 1 aromatic carbocycles. The normalized spacial score (nSPS) is 18.4. The molecule has 4 rings (SSSR count). The molecule has 3 heterocycles. The minimum atomic E-state index is -3.12. The molecule has 8 nitrogen and oxygen atoms in total. The maximum Gasteiger partial charge on any atom is 0.272 e. The molecule has 1 aliphatic rings. The summed E-state index contributed by atoms with van der Waals surface area (Å²) in [6.45, 7) is 2.24. The van der Waals surface area contributed by atoms with Crippen LogP contribution in [0.5, 0.6) is 0 Å². The number of rotatable bonds is 6. The molecule has 0 saturated carbocycles. The summed E-state index contributed by atoms with van der Waals surface area (Å²) in [5.74, 6) is 0.241. The van der Waals surface area contributed by atoms with E-state index in [-0.39, 0.29) is 29.2 Å². The van der Waals surface area contributed by atoms with Crippen LogP contribution in [-0.2, 0) is 14.6 Å². The third kappa shape index (κ3) is 4.19. The van der Waals surface area contributed by atoms with Gasteiger partial charge in [-0.1, -0.05) is 36.4 Å². The fourth-order valence-electron chi connectivity index (χ4n) is 3.57. The van der Waals surface area contributed by atoms with Crippen LogP contribution in [0.2, 0.25) is 0 Å². The number of carbonyl (C=O) groups is 1. The summed E-state index contributed by atoms with van der Waals surface area (Å²) < 4.78 is 25.4. The number of tetrazole rings is 1. The van der Waals surface area contributed by atoms with Gasteiger partial charge in [-0.25, -0.2) is 8.42 Å². The van der Waals surface area contributed by atoms with E-state index in [4.69, 9.17) is 0 Å². The summed E-state index contributed by atoms with van der Waals surface area (Å²) in [7, 11) is -3.12. The van der Waals surface area contributed by atoms with E-state index in [0.717, 1.165) is 10.4 Å². The van der Waals surface area contributed by atoms with Gasteiger partial charge in [-0.2, -0.15) is 4.68 Å². The van der Waals surface area contributed by atoms with Crippen LogP contribution >= 0.6 is 11.3 Å². The van der Waals surface area contributed by atoms with Crippen LogP contribution in [-0.4, -0.2) is 63.5 Å². The van der Waals surface area contributed by atoms with E-state index in [9.17, 15) is 13.2 Å². The van der Waals surface area contributed by atoms with Gasteiger partial charge >= 0.3 is 0 Å². The minimum Gasteiger partial charge on any atom is -0.334 e. The Hall–Kier alpha value is -2.85. The third-order valence-corrected chi connectivity index (χ3v) is 7.59. The fraction of sp³-hybridized carbons (Fsp3) is 0.300. The lowest BCUT2D eigenvalue weighted by Crippen LogP contribution is -2.42. The number of hydrogen-bond donors (Lipinski definition) is 0. The van der Waals surface area contributed by atoms with Crippen LogP contribution in [0, 0.1) is 0 Å². The SMILES string of the molecule is CCN(C(=O)C(=Cc1cccs1)n1nnnc1-c1ccccc1)C1CCS(=O)(=O)C1. The van der Waals surface area contributed by atoms with E-state index >= 15 is 0 Å². The van der Waals surface area contributed by atoms with Gasteiger partial charge in [0, 0.05) is 23.0 Å². The maximum absolute atomic E-state index is 13.6. The van der Waals surface area contributed by atoms with Gasteiger partial charge in [0.25, 0.3) is 5.91 Å². The van der Waals surface area contributed by atoms with Crippen LogP contribution in [0.15, 0.2) is 47.8 Å². The zero-order valence-electron chi connectivity index (χ0n) is 16.4. The predicted octanol–water partition coefficient (Wildman–Crippen LogP) is 2.44. The second-order valence-corrected chi connectivity index (χ2v) is 10.2. The summed E-state index contributed by atoms with van der Waals surface area (Å²) in [6, 6.07) is 12.8. The summed E-state index contributed by atoms with van der Waals surface area (Å²) >= 11 is 1.49. The Bertz CT molecular complexity index is 1150. The molecule has 10 heteroatoms. The molecule has 1 saturated heterocycles. The van der Waals surface area contributed by atoms with E-state index in [2.05, 4.69) is 15.5 Å². The standard InChI is InChI=1S/C20H21N5O3S2/c1-2-24(16-10-12-30(27,28)14-16)20(26)18(13-17-9-6-11-29-17)25-19(21-22-23-25)15-7-4-3-5-8-15/h3-9,11,13,16H,2,10,12,14H2,1H3. The topological polar surface area (TPSA) is 98.1 Å². The van der Waals surface area contributed by atoms with Crippen LogP contribution in [0.4, 0.5) is 0 Å². The molecule has 1 aliphatic heterocycles. The number of sulfone groups is 1. The summed E-state index contributed by atoms with van der Waals surface area (Å²) in [6.07, 6.45) is 2.19. The summed E-state index contributed by atoms with van der Waals surface area (Å²) in [5, 5.41) is 13.9. The summed E-state index contributed by atoms with van der Waals surface area (Å²) in [4.78, 5) is 16.1. The Balaban J connectivity index is 1.77. The van der Waals surface area contributed by atoms with Crippen molar-refractivity contribution in [3.05, 3.63) is 52.7 Å². The van der Waals surface area contributed by atoms with Gasteiger partial charge in [0.2, 0.25) is 0 Å². The number of thiophene rings is 1. The number of benzene rings is 1. The lowest BCUT2D eigenvalue weighted by molar-refractivity contribution is -0.127. The Morgan fingerprint density at radius 3 is 2.70 bits per heavy atom. The lowest BCUT2D eigenvalue weighted by atomic mass is 10.2. The van der Waals surface area contributed by atoms with Gasteiger partial charge in [0.05, 0.1) is 11.5 Å². The fourth-order valence-corrected chi connectivity index (χ4v) is 5.96. The van der Waals surface area contributed by atoms with Crippen LogP contribution in [0.25, 0.3) is 23.2 Å². The second-order valence-electron chi connectivity index (χ2n) is 6.97. The summed E-state index contributed by atoms with van der Waals surface area (Å²) in [5.41, 5.74) is 1.06. The van der Waals surface area contributed by atoms with Crippen LogP contribution in [0.3, 0.4) is 0 Å². The van der Waals surface area contributed by atoms with Crippen LogP contribution < -0.4 is 0 Å². The molecule has 0 bridgehead atoms. The highest BCUT2D eigenvalue weighted by Gasteiger charge is 2.36. The van der Waals surface area contributed by atoms with Crippen molar-refractivity contribution >= 4 is 38.9 Å². The molecule has 0 aliphatic carbocycles. The molecule has 1 atom stereocenters. The molecule has 0 radical (unpaired) electrons. The van der Waals surface area contributed by atoms with Gasteiger partial charge in [0.1, 0.15) is 5.70 Å². The van der Waals surface area contributed by atoms with Gasteiger partial charge in [-0.15, -0.1) is 16.4 Å². The molecular weight excluding hydrogens is 422 g/mol. The smallest absolute Gasteiger partial charge is 0.272 e. The number of likely N-dealkylation sites (N-methyl/N-ethyl adjacent to an activating group) is 1. The molecule has 0 N–H and O–H groups in total. The number of amides is 1. The average Bonchev–Trinajstić information content (AvgIpc) is 3.48. The largest absolute Gasteiger partial charge is 0.334 e. The van der Waals surface area contributed by atoms with Crippen molar-refractivity contribution in [3.63, 3.8) is 0 Å². The van der Waals surface area contributed by atoms with E-state index in [0.29, 0.717) is 18.8 Å². The molecular formula is C20H21N5O3S2. The maximum atomic E-state index is 13.6. The molecule has 1 unspecified atom stereocenters. The molecule has 2 aromatic heterocycles. The van der Waals surface area contributed by atoms with Crippen molar-refractivity contribution in [3.8, 4) is 11.4 Å². The first-order valence-corrected chi connectivity index (χ1v) is 12.3. The van der Waals surface area contributed by atoms with Crippen molar-refractivity contribution in [1.82, 2.24) is 25.1 Å². The molecule has 0 spiro atoms. The van der Waals surface area contributed by atoms with Crippen molar-refractivity contribution in [2.45, 2.75) is 19.4 Å². The Morgan fingerprint density at radius 2 is 2.07 bits per heavy atom. The highest BCUT2D eigenvalue weighted by Crippen LogP contribution is 2.26. The third-order valence-electron chi connectivity index (χ3n) is 5.02. The highest BCUT2D eigenvalue weighted by atomic mass is 32.2. The van der Waals surface area contributed by atoms with Crippen molar-refractivity contribution in [2.24, 2.45) is 0 Å². The number of aromatic nitrogens is 4. The zero-order chi connectivity index (χ0) is 21.1. The van der Waals surface area contributed by atoms with Gasteiger partial charge in [-0.05, 0) is 41.3 Å². The van der Waals surface area contributed by atoms with Crippen molar-refractivity contribution < 1.29 is 13.2 Å². The first kappa shape index (κ1) is 20.4. The molecule has 3 aromatic rings. The molecule has 1 fully saturated rings. The van der Waals surface area contributed by atoms with Crippen LogP contribution in [0.1, 0.15) is 18.2 Å². The lowest BCUT2D eigenvalue weighted by Gasteiger charge is -2.27. The number of hydrogen-bond acceptors (Lipinski definition) is 7. The van der Waals surface area contributed by atoms with Gasteiger partial charge in [-0.3, -0.25) is 4.79 Å². The Labute approximate surface area is 178 Å². The van der Waals surface area contributed by atoms with E-state index in [1.165, 1.54) is 16.0 Å². The Kier molecular flexibility index (Phi) is 5.78. The first-order valence-electron chi connectivity index (χ1n) is 9.59. The van der Waals surface area contributed by atoms with E-state index in [1.807, 2.05) is 54.8 Å². The molecule has 156 valence electrons. The highest BCUT2D eigenvalue weighted by molar-refractivity contribution is 7.91.